The summed E-state index contributed by atoms with van der Waals surface area (Å²) in [5, 5.41) is 2.67. The van der Waals surface area contributed by atoms with Crippen LogP contribution in [0.2, 0.25) is 0 Å². The highest BCUT2D eigenvalue weighted by Gasteiger charge is 2.30. The molecule has 0 spiro atoms. The van der Waals surface area contributed by atoms with Crippen LogP contribution in [0.1, 0.15) is 65.9 Å². The highest BCUT2D eigenvalue weighted by molar-refractivity contribution is 5.86. The van der Waals surface area contributed by atoms with Crippen molar-refractivity contribution in [2.24, 2.45) is 5.92 Å². The Morgan fingerprint density at radius 2 is 1.64 bits per heavy atom. The lowest BCUT2D eigenvalue weighted by Gasteiger charge is -2.31. The predicted octanol–water partition coefficient (Wildman–Crippen LogP) is 6.19. The summed E-state index contributed by atoms with van der Waals surface area (Å²) in [7, 11) is 0. The molecule has 0 bridgehead atoms. The minimum atomic E-state index is -0.937. The van der Waals surface area contributed by atoms with Gasteiger partial charge < -0.3 is 29.3 Å². The van der Waals surface area contributed by atoms with E-state index >= 15 is 4.39 Å². The van der Waals surface area contributed by atoms with Crippen molar-refractivity contribution in [3.8, 4) is 16.9 Å². The Balaban J connectivity index is 1.38. The number of hydrogen-bond acceptors (Lipinski definition) is 6. The molecule has 2 saturated heterocycles. The standard InChI is InChI=1S/C34H46FN3O6/c1-23(2)43-33(41)38-17-13-24(14-18-38)22-42-28-10-8-9-25(19-28)26-11-12-27(29(35)20-26)21-30(31(39)37-15-6-7-16-37)36-32(40)44-34(3,4)5/h8-12,19-20,23-24,30H,6-7,13-18,21-22H2,1-5H3,(H,36,40). The number of amides is 3. The van der Waals surface area contributed by atoms with Gasteiger partial charge in [-0.25, -0.2) is 14.0 Å². The zero-order chi connectivity index (χ0) is 31.9. The van der Waals surface area contributed by atoms with Gasteiger partial charge in [0.1, 0.15) is 23.2 Å². The third-order valence-electron chi connectivity index (χ3n) is 7.75. The van der Waals surface area contributed by atoms with E-state index in [0.717, 1.165) is 31.2 Å². The molecule has 1 unspecified atom stereocenters. The smallest absolute Gasteiger partial charge is 0.410 e. The van der Waals surface area contributed by atoms with Crippen molar-refractivity contribution in [3.63, 3.8) is 0 Å². The molecule has 0 radical (unpaired) electrons. The Bertz CT molecular complexity index is 1300. The Labute approximate surface area is 260 Å². The first-order chi connectivity index (χ1) is 20.9. The number of piperidine rings is 1. The molecule has 10 heteroatoms. The number of likely N-dealkylation sites (tertiary alicyclic amines) is 2. The Morgan fingerprint density at radius 1 is 0.955 bits per heavy atom. The summed E-state index contributed by atoms with van der Waals surface area (Å²) in [6.07, 6.45) is 2.39. The Kier molecular flexibility index (Phi) is 11.1. The average molecular weight is 612 g/mol. The van der Waals surface area contributed by atoms with Crippen LogP contribution < -0.4 is 10.1 Å². The molecule has 3 amide bonds. The van der Waals surface area contributed by atoms with E-state index in [1.54, 1.807) is 36.6 Å². The van der Waals surface area contributed by atoms with E-state index < -0.39 is 23.6 Å². The van der Waals surface area contributed by atoms with Crippen LogP contribution in [-0.2, 0) is 20.7 Å². The molecule has 9 nitrogen and oxygen atoms in total. The summed E-state index contributed by atoms with van der Waals surface area (Å²) >= 11 is 0. The largest absolute Gasteiger partial charge is 0.493 e. The quantitative estimate of drug-likeness (QED) is 0.364. The Hall–Kier alpha value is -3.82. The fraction of sp³-hybridized carbons (Fsp3) is 0.559. The van der Waals surface area contributed by atoms with Gasteiger partial charge in [0.05, 0.1) is 12.7 Å². The van der Waals surface area contributed by atoms with E-state index in [2.05, 4.69) is 5.32 Å². The monoisotopic (exact) mass is 611 g/mol. The molecule has 0 aliphatic carbocycles. The van der Waals surface area contributed by atoms with E-state index in [9.17, 15) is 14.4 Å². The number of ether oxygens (including phenoxy) is 3. The number of nitrogens with one attached hydrogen (secondary N) is 1. The second kappa shape index (κ2) is 14.8. The first-order valence-corrected chi connectivity index (χ1v) is 15.6. The molecule has 1 atom stereocenters. The SMILES string of the molecule is CC(C)OC(=O)N1CCC(COc2cccc(-c3ccc(CC(NC(=O)OC(C)(C)C)C(=O)N4CCCC4)c(F)c3)c2)CC1. The first-order valence-electron chi connectivity index (χ1n) is 15.6. The van der Waals surface area contributed by atoms with Crippen molar-refractivity contribution in [1.29, 1.82) is 0 Å². The molecule has 2 aromatic rings. The van der Waals surface area contributed by atoms with Crippen molar-refractivity contribution < 1.29 is 33.0 Å². The molecule has 2 aliphatic rings. The van der Waals surface area contributed by atoms with Crippen molar-refractivity contribution in [3.05, 3.63) is 53.8 Å². The van der Waals surface area contributed by atoms with Crippen LogP contribution in [0, 0.1) is 11.7 Å². The summed E-state index contributed by atoms with van der Waals surface area (Å²) in [6, 6.07) is 11.5. The summed E-state index contributed by atoms with van der Waals surface area (Å²) < 4.78 is 32.2. The van der Waals surface area contributed by atoms with Gasteiger partial charge in [0.15, 0.2) is 0 Å². The zero-order valence-electron chi connectivity index (χ0n) is 26.6. The molecule has 0 saturated carbocycles. The molecular formula is C34H46FN3O6. The third-order valence-corrected chi connectivity index (χ3v) is 7.75. The molecule has 0 aromatic heterocycles. The summed E-state index contributed by atoms with van der Waals surface area (Å²) in [6.45, 7) is 12.0. The summed E-state index contributed by atoms with van der Waals surface area (Å²) in [5.74, 6) is 0.320. The number of rotatable bonds is 9. The lowest BCUT2D eigenvalue weighted by Crippen LogP contribution is -2.50. The molecule has 2 heterocycles. The van der Waals surface area contributed by atoms with E-state index in [-0.39, 0.29) is 24.5 Å². The van der Waals surface area contributed by atoms with Gasteiger partial charge in [0.25, 0.3) is 0 Å². The van der Waals surface area contributed by atoms with E-state index in [1.165, 1.54) is 6.07 Å². The fourth-order valence-electron chi connectivity index (χ4n) is 5.46. The number of carbonyl (C=O) groups is 3. The minimum absolute atomic E-state index is 0.0118. The van der Waals surface area contributed by atoms with Gasteiger partial charge in [-0.15, -0.1) is 0 Å². The maximum atomic E-state index is 15.5. The third kappa shape index (κ3) is 9.59. The van der Waals surface area contributed by atoms with Crippen molar-refractivity contribution in [1.82, 2.24) is 15.1 Å². The molecule has 4 rings (SSSR count). The summed E-state index contributed by atoms with van der Waals surface area (Å²) in [4.78, 5) is 41.4. The van der Waals surface area contributed by atoms with Crippen molar-refractivity contribution in [2.75, 3.05) is 32.8 Å². The summed E-state index contributed by atoms with van der Waals surface area (Å²) in [5.41, 5.74) is 1.09. The van der Waals surface area contributed by atoms with Gasteiger partial charge in [-0.3, -0.25) is 4.79 Å². The van der Waals surface area contributed by atoms with Crippen LogP contribution in [0.4, 0.5) is 14.0 Å². The lowest BCUT2D eigenvalue weighted by molar-refractivity contribution is -0.132. The van der Waals surface area contributed by atoms with Gasteiger partial charge in [0.2, 0.25) is 5.91 Å². The highest BCUT2D eigenvalue weighted by atomic mass is 19.1. The number of halogens is 1. The molecule has 2 aliphatic heterocycles. The number of carbonyl (C=O) groups excluding carboxylic acids is 3. The average Bonchev–Trinajstić information content (AvgIpc) is 3.50. The number of hydrogen-bond donors (Lipinski definition) is 1. The van der Waals surface area contributed by atoms with Gasteiger partial charge >= 0.3 is 12.2 Å². The van der Waals surface area contributed by atoms with Crippen LogP contribution in [-0.4, -0.2) is 78.4 Å². The zero-order valence-corrected chi connectivity index (χ0v) is 26.6. The van der Waals surface area contributed by atoms with Gasteiger partial charge in [-0.1, -0.05) is 24.3 Å². The van der Waals surface area contributed by atoms with E-state index in [1.807, 2.05) is 44.2 Å². The van der Waals surface area contributed by atoms with Crippen LogP contribution in [0.5, 0.6) is 5.75 Å². The van der Waals surface area contributed by atoms with Crippen LogP contribution >= 0.6 is 0 Å². The molecule has 2 aromatic carbocycles. The predicted molar refractivity (Wildman–Crippen MR) is 166 cm³/mol. The molecule has 44 heavy (non-hydrogen) atoms. The number of nitrogens with zero attached hydrogens (tertiary/aromatic N) is 2. The van der Waals surface area contributed by atoms with Gasteiger partial charge in [-0.05, 0) is 101 Å². The van der Waals surface area contributed by atoms with Gasteiger partial charge in [0, 0.05) is 32.6 Å². The fourth-order valence-corrected chi connectivity index (χ4v) is 5.46. The molecule has 1 N–H and O–H groups in total. The van der Waals surface area contributed by atoms with Crippen LogP contribution in [0.25, 0.3) is 11.1 Å². The number of benzene rings is 2. The second-order valence-electron chi connectivity index (χ2n) is 12.9. The molecule has 2 fully saturated rings. The molecular weight excluding hydrogens is 565 g/mol. The maximum Gasteiger partial charge on any atom is 0.410 e. The molecule has 240 valence electrons. The minimum Gasteiger partial charge on any atom is -0.493 e. The highest BCUT2D eigenvalue weighted by Crippen LogP contribution is 2.28. The van der Waals surface area contributed by atoms with Crippen LogP contribution in [0.3, 0.4) is 0 Å². The second-order valence-corrected chi connectivity index (χ2v) is 12.9. The van der Waals surface area contributed by atoms with Gasteiger partial charge in [-0.2, -0.15) is 0 Å². The van der Waals surface area contributed by atoms with Crippen molar-refractivity contribution in [2.45, 2.75) is 84.5 Å². The van der Waals surface area contributed by atoms with E-state index in [0.29, 0.717) is 55.6 Å². The number of alkyl carbamates (subject to hydrolysis) is 1. The lowest BCUT2D eigenvalue weighted by atomic mass is 9.98. The topological polar surface area (TPSA) is 97.4 Å². The van der Waals surface area contributed by atoms with Crippen LogP contribution in [0.15, 0.2) is 42.5 Å². The Morgan fingerprint density at radius 3 is 2.27 bits per heavy atom. The maximum absolute atomic E-state index is 15.5. The van der Waals surface area contributed by atoms with E-state index in [4.69, 9.17) is 14.2 Å². The first kappa shape index (κ1) is 33.1. The van der Waals surface area contributed by atoms with Crippen molar-refractivity contribution >= 4 is 18.1 Å². The normalized spacial score (nSPS) is 16.5.